The van der Waals surface area contributed by atoms with Gasteiger partial charge in [0.05, 0.1) is 7.11 Å². The van der Waals surface area contributed by atoms with Crippen molar-refractivity contribution in [1.82, 2.24) is 4.98 Å². The van der Waals surface area contributed by atoms with Crippen molar-refractivity contribution in [3.8, 4) is 17.2 Å². The Morgan fingerprint density at radius 2 is 2.05 bits per heavy atom. The van der Waals surface area contributed by atoms with Gasteiger partial charge in [0.2, 0.25) is 5.89 Å². The fourth-order valence-corrected chi connectivity index (χ4v) is 2.14. The standard InChI is InChI=1S/C14H11ClN2O2/c1-18-11-2-3-13-12(7-11)17-14(19-13)8-4-9(15)6-10(16)5-8/h2-7H,16H2,1H3. The number of aromatic nitrogens is 1. The molecule has 0 spiro atoms. The van der Waals surface area contributed by atoms with E-state index in [4.69, 9.17) is 26.5 Å². The maximum absolute atomic E-state index is 5.98. The zero-order chi connectivity index (χ0) is 13.4. The molecule has 4 nitrogen and oxygen atoms in total. The van der Waals surface area contributed by atoms with E-state index < -0.39 is 0 Å². The van der Waals surface area contributed by atoms with Crippen LogP contribution in [-0.2, 0) is 0 Å². The second-order valence-corrected chi connectivity index (χ2v) is 4.56. The van der Waals surface area contributed by atoms with Crippen molar-refractivity contribution in [2.24, 2.45) is 0 Å². The molecule has 96 valence electrons. The number of nitrogen functional groups attached to an aromatic ring is 1. The predicted octanol–water partition coefficient (Wildman–Crippen LogP) is 3.74. The van der Waals surface area contributed by atoms with E-state index in [0.717, 1.165) is 16.8 Å². The minimum Gasteiger partial charge on any atom is -0.497 e. The first-order chi connectivity index (χ1) is 9.15. The number of hydrogen-bond acceptors (Lipinski definition) is 4. The van der Waals surface area contributed by atoms with Gasteiger partial charge in [-0.25, -0.2) is 4.98 Å². The second kappa shape index (κ2) is 4.48. The Morgan fingerprint density at radius 1 is 1.21 bits per heavy atom. The van der Waals surface area contributed by atoms with Crippen LogP contribution in [-0.4, -0.2) is 12.1 Å². The predicted molar refractivity (Wildman–Crippen MR) is 75.4 cm³/mol. The van der Waals surface area contributed by atoms with Gasteiger partial charge in [-0.05, 0) is 30.3 Å². The van der Waals surface area contributed by atoms with Gasteiger partial charge < -0.3 is 14.9 Å². The molecule has 2 aromatic carbocycles. The summed E-state index contributed by atoms with van der Waals surface area (Å²) in [5.41, 5.74) is 8.50. The number of nitrogens with two attached hydrogens (primary N) is 1. The topological polar surface area (TPSA) is 61.3 Å². The third kappa shape index (κ3) is 2.22. The number of fused-ring (bicyclic) bond motifs is 1. The third-order valence-electron chi connectivity index (χ3n) is 2.76. The van der Waals surface area contributed by atoms with Crippen molar-refractivity contribution in [1.29, 1.82) is 0 Å². The number of halogens is 1. The van der Waals surface area contributed by atoms with Crippen LogP contribution >= 0.6 is 11.6 Å². The van der Waals surface area contributed by atoms with Crippen LogP contribution in [0.5, 0.6) is 5.75 Å². The van der Waals surface area contributed by atoms with Crippen LogP contribution < -0.4 is 10.5 Å². The highest BCUT2D eigenvalue weighted by Gasteiger charge is 2.10. The van der Waals surface area contributed by atoms with Gasteiger partial charge in [0, 0.05) is 22.3 Å². The van der Waals surface area contributed by atoms with E-state index in [1.54, 1.807) is 25.3 Å². The molecule has 0 aliphatic rings. The quantitative estimate of drug-likeness (QED) is 0.723. The number of hydrogen-bond donors (Lipinski definition) is 1. The summed E-state index contributed by atoms with van der Waals surface area (Å²) in [4.78, 5) is 4.41. The summed E-state index contributed by atoms with van der Waals surface area (Å²) < 4.78 is 10.8. The van der Waals surface area contributed by atoms with Crippen molar-refractivity contribution in [3.63, 3.8) is 0 Å². The molecule has 3 aromatic rings. The molecule has 0 radical (unpaired) electrons. The Bertz CT molecular complexity index is 732. The molecule has 0 saturated heterocycles. The van der Waals surface area contributed by atoms with Crippen molar-refractivity contribution < 1.29 is 9.15 Å². The molecule has 0 bridgehead atoms. The number of benzene rings is 2. The summed E-state index contributed by atoms with van der Waals surface area (Å²) in [7, 11) is 1.61. The van der Waals surface area contributed by atoms with Crippen molar-refractivity contribution in [2.45, 2.75) is 0 Å². The summed E-state index contributed by atoms with van der Waals surface area (Å²) in [5, 5.41) is 0.551. The minimum absolute atomic E-state index is 0.484. The first kappa shape index (κ1) is 11.9. The molecule has 0 unspecified atom stereocenters. The van der Waals surface area contributed by atoms with Crippen LogP contribution in [0.25, 0.3) is 22.6 Å². The lowest BCUT2D eigenvalue weighted by atomic mass is 10.2. The summed E-state index contributed by atoms with van der Waals surface area (Å²) in [6, 6.07) is 10.7. The van der Waals surface area contributed by atoms with Gasteiger partial charge in [0.1, 0.15) is 11.3 Å². The number of nitrogens with zero attached hydrogens (tertiary/aromatic N) is 1. The number of methoxy groups -OCH3 is 1. The van der Waals surface area contributed by atoms with Crippen molar-refractivity contribution >= 4 is 28.4 Å². The smallest absolute Gasteiger partial charge is 0.227 e. The van der Waals surface area contributed by atoms with Gasteiger partial charge in [-0.2, -0.15) is 0 Å². The highest BCUT2D eigenvalue weighted by Crippen LogP contribution is 2.29. The molecule has 5 heteroatoms. The van der Waals surface area contributed by atoms with Crippen LogP contribution in [0.1, 0.15) is 0 Å². The molecule has 3 rings (SSSR count). The van der Waals surface area contributed by atoms with Crippen LogP contribution in [0.15, 0.2) is 40.8 Å². The highest BCUT2D eigenvalue weighted by molar-refractivity contribution is 6.31. The Hall–Kier alpha value is -2.20. The van der Waals surface area contributed by atoms with Crippen LogP contribution in [0.4, 0.5) is 5.69 Å². The number of anilines is 1. The average Bonchev–Trinajstić information content (AvgIpc) is 2.80. The largest absolute Gasteiger partial charge is 0.497 e. The molecular weight excluding hydrogens is 264 g/mol. The van der Waals surface area contributed by atoms with Crippen LogP contribution in [0.2, 0.25) is 5.02 Å². The van der Waals surface area contributed by atoms with E-state index in [1.165, 1.54) is 0 Å². The number of ether oxygens (including phenoxy) is 1. The number of rotatable bonds is 2. The average molecular weight is 275 g/mol. The molecule has 1 heterocycles. The van der Waals surface area contributed by atoms with Crippen LogP contribution in [0.3, 0.4) is 0 Å². The van der Waals surface area contributed by atoms with Gasteiger partial charge in [-0.1, -0.05) is 11.6 Å². The third-order valence-corrected chi connectivity index (χ3v) is 2.98. The van der Waals surface area contributed by atoms with Crippen molar-refractivity contribution in [3.05, 3.63) is 41.4 Å². The second-order valence-electron chi connectivity index (χ2n) is 4.13. The fraction of sp³-hybridized carbons (Fsp3) is 0.0714. The van der Waals surface area contributed by atoms with Gasteiger partial charge >= 0.3 is 0 Å². The van der Waals surface area contributed by atoms with E-state index in [-0.39, 0.29) is 0 Å². The first-order valence-electron chi connectivity index (χ1n) is 5.67. The van der Waals surface area contributed by atoms with Gasteiger partial charge in [-0.3, -0.25) is 0 Å². The molecule has 1 aromatic heterocycles. The maximum atomic E-state index is 5.98. The first-order valence-corrected chi connectivity index (χ1v) is 6.04. The van der Waals surface area contributed by atoms with Gasteiger partial charge in [0.25, 0.3) is 0 Å². The Balaban J connectivity index is 2.14. The normalized spacial score (nSPS) is 10.8. The highest BCUT2D eigenvalue weighted by atomic mass is 35.5. The zero-order valence-electron chi connectivity index (χ0n) is 10.2. The zero-order valence-corrected chi connectivity index (χ0v) is 10.9. The summed E-state index contributed by atoms with van der Waals surface area (Å²) >= 11 is 5.98. The molecule has 0 aliphatic heterocycles. The molecule has 0 atom stereocenters. The molecule has 0 amide bonds. The lowest BCUT2D eigenvalue weighted by Crippen LogP contribution is -1.86. The minimum atomic E-state index is 0.484. The summed E-state index contributed by atoms with van der Waals surface area (Å²) in [5.74, 6) is 1.22. The Morgan fingerprint density at radius 3 is 2.79 bits per heavy atom. The Labute approximate surface area is 114 Å². The molecule has 2 N–H and O–H groups in total. The maximum Gasteiger partial charge on any atom is 0.227 e. The van der Waals surface area contributed by atoms with E-state index in [1.807, 2.05) is 18.2 Å². The summed E-state index contributed by atoms with van der Waals surface area (Å²) in [6.45, 7) is 0. The molecule has 19 heavy (non-hydrogen) atoms. The molecular formula is C14H11ClN2O2. The Kier molecular flexibility index (Phi) is 2.80. The van der Waals surface area contributed by atoms with Gasteiger partial charge in [0.15, 0.2) is 5.58 Å². The SMILES string of the molecule is COc1ccc2oc(-c3cc(N)cc(Cl)c3)nc2c1. The molecule has 0 saturated carbocycles. The lowest BCUT2D eigenvalue weighted by molar-refractivity contribution is 0.415. The monoisotopic (exact) mass is 274 g/mol. The van der Waals surface area contributed by atoms with Gasteiger partial charge in [-0.15, -0.1) is 0 Å². The summed E-state index contributed by atoms with van der Waals surface area (Å²) in [6.07, 6.45) is 0. The van der Waals surface area contributed by atoms with E-state index >= 15 is 0 Å². The fourth-order valence-electron chi connectivity index (χ4n) is 1.89. The molecule has 0 fully saturated rings. The van der Waals surface area contributed by atoms with E-state index in [0.29, 0.717) is 22.2 Å². The lowest BCUT2D eigenvalue weighted by Gasteiger charge is -1.98. The number of oxazole rings is 1. The van der Waals surface area contributed by atoms with E-state index in [9.17, 15) is 0 Å². The molecule has 0 aliphatic carbocycles. The van der Waals surface area contributed by atoms with Crippen molar-refractivity contribution in [2.75, 3.05) is 12.8 Å². The van der Waals surface area contributed by atoms with Crippen LogP contribution in [0, 0.1) is 0 Å². The van der Waals surface area contributed by atoms with E-state index in [2.05, 4.69) is 4.98 Å².